The number of unbranched alkanes of at least 4 members (excludes halogenated alkanes) is 1. The fourth-order valence-corrected chi connectivity index (χ4v) is 2.02. The van der Waals surface area contributed by atoms with Crippen molar-refractivity contribution in [1.29, 1.82) is 0 Å². The molecule has 0 heterocycles. The molecule has 0 saturated carbocycles. The zero-order chi connectivity index (χ0) is 14.3. The number of amides is 1. The second kappa shape index (κ2) is 10.2. The van der Waals surface area contributed by atoms with Gasteiger partial charge in [-0.15, -0.1) is 12.4 Å². The Kier molecular flexibility index (Phi) is 9.90. The number of carbonyl (C=O) groups is 1. The average Bonchev–Trinajstić information content (AvgIpc) is 2.38. The molecule has 3 nitrogen and oxygen atoms in total. The van der Waals surface area contributed by atoms with Crippen molar-refractivity contribution in [1.82, 2.24) is 4.90 Å². The second-order valence-corrected chi connectivity index (χ2v) is 5.77. The highest BCUT2D eigenvalue weighted by atomic mass is 79.9. The number of nitrogens with one attached hydrogen (secondary N) is 1. The van der Waals surface area contributed by atoms with Crippen LogP contribution in [0.5, 0.6) is 0 Å². The zero-order valence-corrected chi connectivity index (χ0v) is 14.8. The molecule has 1 aromatic carbocycles. The van der Waals surface area contributed by atoms with Gasteiger partial charge in [-0.1, -0.05) is 29.3 Å². The van der Waals surface area contributed by atoms with Crippen molar-refractivity contribution in [3.8, 4) is 0 Å². The molecule has 20 heavy (non-hydrogen) atoms. The Balaban J connectivity index is 0.00000361. The lowest BCUT2D eigenvalue weighted by Gasteiger charge is -2.15. The molecule has 1 rings (SSSR count). The predicted molar refractivity (Wildman–Crippen MR) is 91.8 cm³/mol. The molecule has 0 aromatic heterocycles. The summed E-state index contributed by atoms with van der Waals surface area (Å²) in [7, 11) is 2.06. The van der Waals surface area contributed by atoms with E-state index in [-0.39, 0.29) is 18.3 Å². The van der Waals surface area contributed by atoms with Gasteiger partial charge in [0.25, 0.3) is 0 Å². The van der Waals surface area contributed by atoms with Gasteiger partial charge in [-0.05, 0) is 50.7 Å². The van der Waals surface area contributed by atoms with Gasteiger partial charge in [0.1, 0.15) is 0 Å². The largest absolute Gasteiger partial charge is 0.326 e. The quantitative estimate of drug-likeness (QED) is 0.786. The average molecular weight is 364 g/mol. The number of hydrogen-bond acceptors (Lipinski definition) is 2. The van der Waals surface area contributed by atoms with Gasteiger partial charge in [0, 0.05) is 23.1 Å². The van der Waals surface area contributed by atoms with Crippen LogP contribution in [0.15, 0.2) is 22.7 Å². The number of anilines is 1. The zero-order valence-electron chi connectivity index (χ0n) is 12.4. The minimum atomic E-state index is 0. The van der Waals surface area contributed by atoms with E-state index in [0.717, 1.165) is 28.8 Å². The Hall–Kier alpha value is -0.580. The number of benzene rings is 1. The highest BCUT2D eigenvalue weighted by molar-refractivity contribution is 9.10. The van der Waals surface area contributed by atoms with Crippen LogP contribution in [-0.4, -0.2) is 30.9 Å². The lowest BCUT2D eigenvalue weighted by molar-refractivity contribution is -0.116. The van der Waals surface area contributed by atoms with Gasteiger partial charge in [-0.2, -0.15) is 0 Å². The van der Waals surface area contributed by atoms with E-state index in [9.17, 15) is 4.79 Å². The molecule has 0 unspecified atom stereocenters. The normalized spacial score (nSPS) is 10.2. The van der Waals surface area contributed by atoms with Gasteiger partial charge in [0.05, 0.1) is 0 Å². The van der Waals surface area contributed by atoms with Crippen molar-refractivity contribution in [2.45, 2.75) is 33.1 Å². The van der Waals surface area contributed by atoms with E-state index in [1.807, 2.05) is 25.1 Å². The van der Waals surface area contributed by atoms with Crippen LogP contribution in [-0.2, 0) is 4.79 Å². The number of rotatable bonds is 7. The van der Waals surface area contributed by atoms with Crippen molar-refractivity contribution in [2.75, 3.05) is 25.5 Å². The molecule has 0 radical (unpaired) electrons. The Labute approximate surface area is 136 Å². The van der Waals surface area contributed by atoms with Gasteiger partial charge in [-0.3, -0.25) is 4.79 Å². The number of halogens is 2. The van der Waals surface area contributed by atoms with E-state index in [1.165, 1.54) is 12.8 Å². The smallest absolute Gasteiger partial charge is 0.225 e. The highest BCUT2D eigenvalue weighted by Crippen LogP contribution is 2.20. The molecule has 0 fully saturated rings. The van der Waals surface area contributed by atoms with Crippen LogP contribution in [0.1, 0.15) is 31.7 Å². The van der Waals surface area contributed by atoms with E-state index in [0.29, 0.717) is 6.42 Å². The van der Waals surface area contributed by atoms with Gasteiger partial charge in [0.2, 0.25) is 5.91 Å². The van der Waals surface area contributed by atoms with Gasteiger partial charge >= 0.3 is 0 Å². The maximum atomic E-state index is 11.8. The molecule has 0 aliphatic heterocycles. The predicted octanol–water partition coefficient (Wildman–Crippen LogP) is 4.24. The molecule has 0 bridgehead atoms. The lowest BCUT2D eigenvalue weighted by Crippen LogP contribution is -2.25. The Morgan fingerprint density at radius 1 is 1.35 bits per heavy atom. The molecule has 114 valence electrons. The van der Waals surface area contributed by atoms with Gasteiger partial charge < -0.3 is 10.2 Å². The molecule has 5 heteroatoms. The summed E-state index contributed by atoms with van der Waals surface area (Å²) >= 11 is 3.45. The summed E-state index contributed by atoms with van der Waals surface area (Å²) < 4.78 is 1.06. The molecule has 1 N–H and O–H groups in total. The Bertz CT molecular complexity index is 426. The van der Waals surface area contributed by atoms with Crippen molar-refractivity contribution in [2.24, 2.45) is 0 Å². The van der Waals surface area contributed by atoms with Crippen LogP contribution in [0.4, 0.5) is 5.69 Å². The standard InChI is InChI=1S/C15H23BrN2O.ClH/c1-4-5-9-18(3)10-8-15(19)17-13-6-7-14(16)12(2)11-13;/h6-7,11H,4-5,8-10H2,1-3H3,(H,17,19);1H. The third-order valence-corrected chi connectivity index (χ3v) is 3.95. The third kappa shape index (κ3) is 7.27. The van der Waals surface area contributed by atoms with Crippen LogP contribution in [0, 0.1) is 6.92 Å². The van der Waals surface area contributed by atoms with E-state index in [2.05, 4.69) is 40.1 Å². The first-order valence-electron chi connectivity index (χ1n) is 6.77. The van der Waals surface area contributed by atoms with Gasteiger partial charge in [0.15, 0.2) is 0 Å². The first-order valence-corrected chi connectivity index (χ1v) is 7.56. The minimum absolute atomic E-state index is 0. The monoisotopic (exact) mass is 362 g/mol. The SMILES string of the molecule is CCCCN(C)CCC(=O)Nc1ccc(Br)c(C)c1.Cl. The van der Waals surface area contributed by atoms with E-state index in [1.54, 1.807) is 0 Å². The topological polar surface area (TPSA) is 32.3 Å². The summed E-state index contributed by atoms with van der Waals surface area (Å²) in [6, 6.07) is 5.84. The van der Waals surface area contributed by atoms with Gasteiger partial charge in [-0.25, -0.2) is 0 Å². The van der Waals surface area contributed by atoms with Crippen molar-refractivity contribution < 1.29 is 4.79 Å². The summed E-state index contributed by atoms with van der Waals surface area (Å²) in [4.78, 5) is 14.0. The summed E-state index contributed by atoms with van der Waals surface area (Å²) in [5.74, 6) is 0.0741. The molecule has 0 spiro atoms. The number of hydrogen-bond donors (Lipinski definition) is 1. The van der Waals surface area contributed by atoms with Crippen molar-refractivity contribution in [3.63, 3.8) is 0 Å². The molecule has 0 saturated heterocycles. The lowest BCUT2D eigenvalue weighted by atomic mass is 10.2. The number of aryl methyl sites for hydroxylation is 1. The minimum Gasteiger partial charge on any atom is -0.326 e. The summed E-state index contributed by atoms with van der Waals surface area (Å²) in [5.41, 5.74) is 1.99. The first kappa shape index (κ1) is 19.4. The maximum absolute atomic E-state index is 11.8. The van der Waals surface area contributed by atoms with E-state index < -0.39 is 0 Å². The molecule has 0 atom stereocenters. The number of nitrogens with zero attached hydrogens (tertiary/aromatic N) is 1. The summed E-state index contributed by atoms with van der Waals surface area (Å²) in [6.07, 6.45) is 2.91. The van der Waals surface area contributed by atoms with Crippen molar-refractivity contribution in [3.05, 3.63) is 28.2 Å². The maximum Gasteiger partial charge on any atom is 0.225 e. The molecule has 1 amide bonds. The molecule has 0 aliphatic carbocycles. The highest BCUT2D eigenvalue weighted by Gasteiger charge is 2.05. The fraction of sp³-hybridized carbons (Fsp3) is 0.533. The Morgan fingerprint density at radius 3 is 2.65 bits per heavy atom. The van der Waals surface area contributed by atoms with E-state index >= 15 is 0 Å². The van der Waals surface area contributed by atoms with Crippen LogP contribution >= 0.6 is 28.3 Å². The van der Waals surface area contributed by atoms with Crippen molar-refractivity contribution >= 4 is 39.9 Å². The van der Waals surface area contributed by atoms with Crippen LogP contribution in [0.3, 0.4) is 0 Å². The molecular formula is C15H24BrClN2O. The fourth-order valence-electron chi connectivity index (χ4n) is 1.78. The first-order chi connectivity index (χ1) is 9.02. The summed E-state index contributed by atoms with van der Waals surface area (Å²) in [5, 5.41) is 2.93. The Morgan fingerprint density at radius 2 is 2.05 bits per heavy atom. The van der Waals surface area contributed by atoms with Crippen LogP contribution in [0.25, 0.3) is 0 Å². The van der Waals surface area contributed by atoms with E-state index in [4.69, 9.17) is 0 Å². The third-order valence-electron chi connectivity index (χ3n) is 3.06. The summed E-state index contributed by atoms with van der Waals surface area (Å²) in [6.45, 7) is 6.05. The second-order valence-electron chi connectivity index (χ2n) is 4.92. The van der Waals surface area contributed by atoms with Crippen LogP contribution in [0.2, 0.25) is 0 Å². The molecular weight excluding hydrogens is 340 g/mol. The van der Waals surface area contributed by atoms with Crippen LogP contribution < -0.4 is 5.32 Å². The molecule has 0 aliphatic rings. The molecule has 1 aromatic rings. The number of carbonyl (C=O) groups excluding carboxylic acids is 1.